The number of carbonyl (C=O) groups excluding carboxylic acids is 3. The zero-order chi connectivity index (χ0) is 18.2. The van der Waals surface area contributed by atoms with Gasteiger partial charge < -0.3 is 15.4 Å². The van der Waals surface area contributed by atoms with Crippen LogP contribution in [-0.4, -0.2) is 30.9 Å². The first-order chi connectivity index (χ1) is 11.9. The van der Waals surface area contributed by atoms with E-state index in [1.165, 1.54) is 0 Å². The Morgan fingerprint density at radius 1 is 1.28 bits per heavy atom. The number of esters is 1. The maximum atomic E-state index is 11.9. The van der Waals surface area contributed by atoms with Crippen LogP contribution in [0.5, 0.6) is 0 Å². The fourth-order valence-corrected chi connectivity index (χ4v) is 2.95. The van der Waals surface area contributed by atoms with E-state index in [2.05, 4.69) is 26.6 Å². The molecule has 1 aromatic rings. The molecule has 1 aromatic carbocycles. The maximum Gasteiger partial charge on any atom is 0.306 e. The lowest BCUT2D eigenvalue weighted by molar-refractivity contribution is -0.149. The summed E-state index contributed by atoms with van der Waals surface area (Å²) in [7, 11) is 0. The minimum atomic E-state index is -0.502. The molecule has 2 rings (SSSR count). The predicted molar refractivity (Wildman–Crippen MR) is 98.0 cm³/mol. The van der Waals surface area contributed by atoms with E-state index in [4.69, 9.17) is 4.74 Å². The summed E-state index contributed by atoms with van der Waals surface area (Å²) in [6, 6.07) is 5.48. The van der Waals surface area contributed by atoms with Crippen LogP contribution in [0.25, 0.3) is 0 Å². The topological polar surface area (TPSA) is 84.5 Å². The summed E-state index contributed by atoms with van der Waals surface area (Å²) >= 11 is 3.35. The van der Waals surface area contributed by atoms with Crippen LogP contribution < -0.4 is 10.6 Å². The summed E-state index contributed by atoms with van der Waals surface area (Å²) < 4.78 is 5.85. The molecule has 2 amide bonds. The van der Waals surface area contributed by atoms with Gasteiger partial charge in [0.25, 0.3) is 5.91 Å². The van der Waals surface area contributed by atoms with Crippen LogP contribution in [0.4, 0.5) is 5.69 Å². The van der Waals surface area contributed by atoms with Gasteiger partial charge in [-0.2, -0.15) is 0 Å². The summed E-state index contributed by atoms with van der Waals surface area (Å²) in [5.41, 5.74) is 1.59. The third-order valence-electron chi connectivity index (χ3n) is 3.81. The fraction of sp³-hybridized carbons (Fsp3) is 0.389. The first-order valence-electron chi connectivity index (χ1n) is 8.09. The Balaban J connectivity index is 1.66. The third kappa shape index (κ3) is 6.70. The molecule has 0 unspecified atom stereocenters. The minimum absolute atomic E-state index is 0.183. The number of ether oxygens (including phenoxy) is 1. The van der Waals surface area contributed by atoms with Gasteiger partial charge in [0.15, 0.2) is 6.61 Å². The number of carbonyl (C=O) groups is 3. The molecule has 0 saturated carbocycles. The Hall–Kier alpha value is -2.15. The van der Waals surface area contributed by atoms with Crippen molar-refractivity contribution in [2.75, 3.05) is 18.5 Å². The van der Waals surface area contributed by atoms with Crippen molar-refractivity contribution >= 4 is 39.4 Å². The summed E-state index contributed by atoms with van der Waals surface area (Å²) in [6.07, 6.45) is 6.24. The number of allylic oxidation sites excluding steroid dienone is 2. The second-order valence-electron chi connectivity index (χ2n) is 5.91. The van der Waals surface area contributed by atoms with Crippen LogP contribution in [0.1, 0.15) is 24.8 Å². The lowest BCUT2D eigenvalue weighted by atomic mass is 10.1. The van der Waals surface area contributed by atoms with Gasteiger partial charge in [-0.25, -0.2) is 0 Å². The molecule has 0 aromatic heterocycles. The van der Waals surface area contributed by atoms with Crippen molar-refractivity contribution in [2.45, 2.75) is 26.2 Å². The summed E-state index contributed by atoms with van der Waals surface area (Å²) in [5, 5.41) is 5.15. The molecule has 25 heavy (non-hydrogen) atoms. The van der Waals surface area contributed by atoms with Crippen molar-refractivity contribution in [1.82, 2.24) is 5.32 Å². The van der Waals surface area contributed by atoms with Crippen LogP contribution in [0.2, 0.25) is 0 Å². The highest BCUT2D eigenvalue weighted by molar-refractivity contribution is 9.10. The Bertz CT molecular complexity index is 688. The van der Waals surface area contributed by atoms with Crippen molar-refractivity contribution in [3.8, 4) is 0 Å². The Morgan fingerprint density at radius 2 is 2.08 bits per heavy atom. The molecule has 134 valence electrons. The first-order valence-corrected chi connectivity index (χ1v) is 8.88. The number of anilines is 1. The molecule has 1 aliphatic carbocycles. The van der Waals surface area contributed by atoms with Gasteiger partial charge in [-0.15, -0.1) is 0 Å². The summed E-state index contributed by atoms with van der Waals surface area (Å²) in [5.74, 6) is -1.05. The number of halogens is 1. The molecule has 0 saturated heterocycles. The molecule has 0 spiro atoms. The lowest BCUT2D eigenvalue weighted by Gasteiger charge is -2.10. The van der Waals surface area contributed by atoms with Crippen LogP contribution in [0.3, 0.4) is 0 Å². The smallest absolute Gasteiger partial charge is 0.306 e. The number of amides is 2. The van der Waals surface area contributed by atoms with Gasteiger partial charge in [0.05, 0.1) is 13.0 Å². The normalized spacial score (nSPS) is 15.7. The van der Waals surface area contributed by atoms with E-state index in [0.717, 1.165) is 22.9 Å². The molecule has 2 N–H and O–H groups in total. The zero-order valence-electron chi connectivity index (χ0n) is 14.0. The van der Waals surface area contributed by atoms with E-state index in [0.29, 0.717) is 5.69 Å². The average Bonchev–Trinajstić information content (AvgIpc) is 3.06. The summed E-state index contributed by atoms with van der Waals surface area (Å²) in [6.45, 7) is 1.31. The average molecular weight is 409 g/mol. The third-order valence-corrected chi connectivity index (χ3v) is 4.31. The van der Waals surface area contributed by atoms with E-state index in [9.17, 15) is 14.4 Å². The van der Waals surface area contributed by atoms with Gasteiger partial charge >= 0.3 is 5.97 Å². The van der Waals surface area contributed by atoms with Gasteiger partial charge in [0.2, 0.25) is 5.91 Å². The van der Waals surface area contributed by atoms with Crippen LogP contribution in [0.15, 0.2) is 34.8 Å². The van der Waals surface area contributed by atoms with Gasteiger partial charge in [-0.1, -0.05) is 28.1 Å². The lowest BCUT2D eigenvalue weighted by Crippen LogP contribution is -2.35. The quantitative estimate of drug-likeness (QED) is 0.536. The van der Waals surface area contributed by atoms with Gasteiger partial charge in [-0.05, 0) is 49.4 Å². The van der Waals surface area contributed by atoms with Crippen LogP contribution in [-0.2, 0) is 19.1 Å². The van der Waals surface area contributed by atoms with E-state index in [1.807, 2.05) is 31.2 Å². The van der Waals surface area contributed by atoms with Crippen LogP contribution in [0, 0.1) is 12.8 Å². The Labute approximate surface area is 155 Å². The maximum absolute atomic E-state index is 11.9. The Kier molecular flexibility index (Phi) is 7.18. The zero-order valence-corrected chi connectivity index (χ0v) is 15.6. The molecular formula is C18H21BrN2O4. The highest BCUT2D eigenvalue weighted by Crippen LogP contribution is 2.21. The monoisotopic (exact) mass is 408 g/mol. The second-order valence-corrected chi connectivity index (χ2v) is 6.83. The summed E-state index contributed by atoms with van der Waals surface area (Å²) in [4.78, 5) is 35.2. The van der Waals surface area contributed by atoms with Gasteiger partial charge in [0, 0.05) is 10.2 Å². The van der Waals surface area contributed by atoms with Crippen molar-refractivity contribution in [1.29, 1.82) is 0 Å². The number of nitrogens with one attached hydrogen (secondary N) is 2. The fourth-order valence-electron chi connectivity index (χ4n) is 2.48. The highest BCUT2D eigenvalue weighted by atomic mass is 79.9. The molecule has 1 aliphatic rings. The van der Waals surface area contributed by atoms with Crippen molar-refractivity contribution < 1.29 is 19.1 Å². The predicted octanol–water partition coefficient (Wildman–Crippen LogP) is 2.71. The Morgan fingerprint density at radius 3 is 2.76 bits per heavy atom. The molecule has 0 heterocycles. The molecule has 0 radical (unpaired) electrons. The number of hydrogen-bond donors (Lipinski definition) is 2. The molecule has 0 bridgehead atoms. The second kappa shape index (κ2) is 9.36. The highest BCUT2D eigenvalue weighted by Gasteiger charge is 2.16. The van der Waals surface area contributed by atoms with E-state index in [1.54, 1.807) is 6.07 Å². The molecule has 0 aliphatic heterocycles. The molecule has 6 nitrogen and oxygen atoms in total. The molecule has 7 heteroatoms. The van der Waals surface area contributed by atoms with Crippen molar-refractivity contribution in [3.63, 3.8) is 0 Å². The number of hydrogen-bond acceptors (Lipinski definition) is 4. The van der Waals surface area contributed by atoms with Crippen molar-refractivity contribution in [2.24, 2.45) is 5.92 Å². The van der Waals surface area contributed by atoms with E-state index >= 15 is 0 Å². The standard InChI is InChI=1S/C18H21BrN2O4/c1-12-8-14(19)6-7-15(12)21-16(22)10-20-17(23)11-25-18(24)9-13-4-2-3-5-13/h2,4,6-8,13H,3,5,9-11H2,1H3,(H,20,23)(H,21,22)/t13-/m0/s1. The molecule has 1 atom stereocenters. The van der Waals surface area contributed by atoms with Crippen LogP contribution >= 0.6 is 15.9 Å². The van der Waals surface area contributed by atoms with Gasteiger partial charge in [0.1, 0.15) is 0 Å². The molecule has 0 fully saturated rings. The van der Waals surface area contributed by atoms with Gasteiger partial charge in [-0.3, -0.25) is 14.4 Å². The SMILES string of the molecule is Cc1cc(Br)ccc1NC(=O)CNC(=O)COC(=O)C[C@H]1C=CCC1. The van der Waals surface area contributed by atoms with E-state index in [-0.39, 0.29) is 31.4 Å². The first kappa shape index (κ1) is 19.2. The number of benzene rings is 1. The molecular weight excluding hydrogens is 388 g/mol. The number of rotatable bonds is 7. The minimum Gasteiger partial charge on any atom is -0.456 e. The van der Waals surface area contributed by atoms with E-state index < -0.39 is 11.9 Å². The number of aryl methyl sites for hydroxylation is 1. The largest absolute Gasteiger partial charge is 0.456 e. The van der Waals surface area contributed by atoms with Crippen molar-refractivity contribution in [3.05, 3.63) is 40.4 Å².